The Morgan fingerprint density at radius 3 is 2.36 bits per heavy atom. The molecular weight excluding hydrogens is 631 g/mol. The summed E-state index contributed by atoms with van der Waals surface area (Å²) in [5.74, 6) is 1.34. The number of amides is 2. The van der Waals surface area contributed by atoms with Gasteiger partial charge in [0.25, 0.3) is 0 Å². The molecule has 9 nitrogen and oxygen atoms in total. The predicted octanol–water partition coefficient (Wildman–Crippen LogP) is 6.22. The molecule has 2 amide bonds. The number of aldehydes is 1. The van der Waals surface area contributed by atoms with Gasteiger partial charge in [-0.2, -0.15) is 0 Å². The van der Waals surface area contributed by atoms with Crippen molar-refractivity contribution in [1.29, 1.82) is 0 Å². The number of benzene rings is 2. The van der Waals surface area contributed by atoms with Crippen molar-refractivity contribution in [2.24, 2.45) is 0 Å². The first kappa shape index (κ1) is 33.9. The van der Waals surface area contributed by atoms with Crippen LogP contribution >= 0.6 is 34.8 Å². The van der Waals surface area contributed by atoms with E-state index in [9.17, 15) is 14.4 Å². The standard InChI is InChI=1S/C32H37Cl3N2O7/c1-21(39)36-17-24-16-26(27(19-38)28(18-36)37(24)30(40)44-31(2,3)32(33,34)35)22-10-12-25(13-11-22)43-15-7-14-42-20-23-8-5-6-9-29(23)41-4/h5-6,8-13,19,24,28H,7,14-18,20H2,1-4H3. The number of rotatable bonds is 11. The van der Waals surface area contributed by atoms with Crippen molar-refractivity contribution >= 4 is 58.7 Å². The highest BCUT2D eigenvalue weighted by Gasteiger charge is 2.50. The number of hydrogen-bond acceptors (Lipinski definition) is 7. The van der Waals surface area contributed by atoms with Gasteiger partial charge in [0.05, 0.1) is 39.0 Å². The van der Waals surface area contributed by atoms with Crippen molar-refractivity contribution in [3.63, 3.8) is 0 Å². The number of carbonyl (C=O) groups excluding carboxylic acids is 3. The molecule has 1 fully saturated rings. The maximum Gasteiger partial charge on any atom is 0.411 e. The van der Waals surface area contributed by atoms with Crippen LogP contribution in [-0.2, 0) is 25.7 Å². The number of fused-ring (bicyclic) bond motifs is 2. The first-order chi connectivity index (χ1) is 20.9. The van der Waals surface area contributed by atoms with Gasteiger partial charge < -0.3 is 23.8 Å². The number of nitrogens with zero attached hydrogens (tertiary/aromatic N) is 2. The van der Waals surface area contributed by atoms with Crippen LogP contribution in [0, 0.1) is 0 Å². The van der Waals surface area contributed by atoms with Crippen molar-refractivity contribution in [1.82, 2.24) is 9.80 Å². The van der Waals surface area contributed by atoms with Crippen molar-refractivity contribution in [3.8, 4) is 11.5 Å². The van der Waals surface area contributed by atoms with Gasteiger partial charge in [0.2, 0.25) is 9.70 Å². The van der Waals surface area contributed by atoms with E-state index in [-0.39, 0.29) is 19.0 Å². The lowest BCUT2D eigenvalue weighted by atomic mass is 9.82. The second kappa shape index (κ2) is 14.4. The van der Waals surface area contributed by atoms with Gasteiger partial charge in [-0.05, 0) is 49.6 Å². The molecule has 0 spiro atoms. The summed E-state index contributed by atoms with van der Waals surface area (Å²) in [7, 11) is 1.64. The minimum atomic E-state index is -1.87. The van der Waals surface area contributed by atoms with Gasteiger partial charge in [-0.25, -0.2) is 4.79 Å². The first-order valence-electron chi connectivity index (χ1n) is 14.3. The molecule has 0 radical (unpaired) electrons. The zero-order valence-electron chi connectivity index (χ0n) is 25.2. The fraction of sp³-hybridized carbons (Fsp3) is 0.469. The Bertz CT molecular complexity index is 1370. The quantitative estimate of drug-likeness (QED) is 0.160. The number of ether oxygens (including phenoxy) is 4. The Kier molecular flexibility index (Phi) is 11.1. The molecule has 2 bridgehead atoms. The highest BCUT2D eigenvalue weighted by molar-refractivity contribution is 6.68. The van der Waals surface area contributed by atoms with E-state index in [1.54, 1.807) is 12.0 Å². The molecule has 2 aliphatic rings. The molecule has 2 aromatic rings. The molecule has 0 saturated carbocycles. The molecule has 0 aliphatic carbocycles. The molecule has 2 heterocycles. The van der Waals surface area contributed by atoms with Gasteiger partial charge in [-0.3, -0.25) is 14.5 Å². The third-order valence-electron chi connectivity index (χ3n) is 7.86. The molecule has 4 rings (SSSR count). The van der Waals surface area contributed by atoms with Crippen LogP contribution in [0.2, 0.25) is 0 Å². The second-order valence-electron chi connectivity index (χ2n) is 11.2. The minimum absolute atomic E-state index is 0.143. The number of methoxy groups -OCH3 is 1. The lowest BCUT2D eigenvalue weighted by molar-refractivity contribution is -0.133. The number of hydrogen-bond donors (Lipinski definition) is 0. The molecule has 2 aliphatic heterocycles. The average Bonchev–Trinajstić information content (AvgIpc) is 2.97. The number of piperazine rings is 1. The summed E-state index contributed by atoms with van der Waals surface area (Å²) in [4.78, 5) is 41.4. The van der Waals surface area contributed by atoms with Crippen LogP contribution in [0.5, 0.6) is 11.5 Å². The third-order valence-corrected chi connectivity index (χ3v) is 9.23. The summed E-state index contributed by atoms with van der Waals surface area (Å²) in [6.07, 6.45) is 1.07. The highest BCUT2D eigenvalue weighted by Crippen LogP contribution is 2.43. The Balaban J connectivity index is 1.42. The van der Waals surface area contributed by atoms with Gasteiger partial charge in [0, 0.05) is 37.6 Å². The van der Waals surface area contributed by atoms with E-state index in [0.29, 0.717) is 44.0 Å². The average molecular weight is 668 g/mol. The Morgan fingerprint density at radius 1 is 1.02 bits per heavy atom. The van der Waals surface area contributed by atoms with Crippen LogP contribution < -0.4 is 9.47 Å². The fourth-order valence-electron chi connectivity index (χ4n) is 5.34. The highest BCUT2D eigenvalue weighted by atomic mass is 35.6. The van der Waals surface area contributed by atoms with E-state index in [1.165, 1.54) is 25.7 Å². The summed E-state index contributed by atoms with van der Waals surface area (Å²) >= 11 is 18.1. The van der Waals surface area contributed by atoms with Gasteiger partial charge in [0.1, 0.15) is 17.8 Å². The predicted molar refractivity (Wildman–Crippen MR) is 169 cm³/mol. The normalized spacial score (nSPS) is 18.6. The molecule has 44 heavy (non-hydrogen) atoms. The monoisotopic (exact) mass is 666 g/mol. The summed E-state index contributed by atoms with van der Waals surface area (Å²) < 4.78 is 20.8. The Morgan fingerprint density at radius 2 is 1.73 bits per heavy atom. The van der Waals surface area contributed by atoms with Crippen molar-refractivity contribution in [2.45, 2.75) is 61.7 Å². The zero-order valence-corrected chi connectivity index (χ0v) is 27.5. The van der Waals surface area contributed by atoms with Gasteiger partial charge in [0.15, 0.2) is 5.60 Å². The van der Waals surface area contributed by atoms with E-state index >= 15 is 0 Å². The molecular formula is C32H37Cl3N2O7. The van der Waals surface area contributed by atoms with Crippen molar-refractivity contribution in [2.75, 3.05) is 33.4 Å². The van der Waals surface area contributed by atoms with Crippen molar-refractivity contribution < 1.29 is 33.3 Å². The topological polar surface area (TPSA) is 94.6 Å². The molecule has 1 saturated heterocycles. The maximum absolute atomic E-state index is 13.4. The Hall–Kier alpha value is -2.98. The lowest BCUT2D eigenvalue weighted by Crippen LogP contribution is -2.65. The van der Waals surface area contributed by atoms with E-state index in [0.717, 1.165) is 28.7 Å². The summed E-state index contributed by atoms with van der Waals surface area (Å²) in [5.41, 5.74) is 1.59. The van der Waals surface area contributed by atoms with E-state index in [4.69, 9.17) is 53.8 Å². The van der Waals surface area contributed by atoms with Gasteiger partial charge in [-0.15, -0.1) is 0 Å². The van der Waals surface area contributed by atoms with E-state index < -0.39 is 27.6 Å². The van der Waals surface area contributed by atoms with Crippen LogP contribution in [0.3, 0.4) is 0 Å². The summed E-state index contributed by atoms with van der Waals surface area (Å²) in [6, 6.07) is 14.1. The molecule has 0 N–H and O–H groups in total. The molecule has 2 unspecified atom stereocenters. The molecule has 0 aromatic heterocycles. The number of halogens is 3. The molecule has 2 aromatic carbocycles. The number of alkyl halides is 3. The smallest absolute Gasteiger partial charge is 0.411 e. The largest absolute Gasteiger partial charge is 0.496 e. The number of carbonyl (C=O) groups is 3. The third kappa shape index (κ3) is 7.80. The maximum atomic E-state index is 13.4. The molecule has 2 atom stereocenters. The van der Waals surface area contributed by atoms with E-state index in [1.807, 2.05) is 48.5 Å². The van der Waals surface area contributed by atoms with Crippen LogP contribution in [0.25, 0.3) is 5.57 Å². The van der Waals surface area contributed by atoms with Crippen LogP contribution in [-0.4, -0.2) is 83.0 Å². The molecule has 238 valence electrons. The van der Waals surface area contributed by atoms with Crippen LogP contribution in [0.15, 0.2) is 54.1 Å². The van der Waals surface area contributed by atoms with E-state index in [2.05, 4.69) is 0 Å². The Labute approximate surface area is 272 Å². The van der Waals surface area contributed by atoms with Crippen molar-refractivity contribution in [3.05, 3.63) is 65.2 Å². The zero-order chi connectivity index (χ0) is 32.1. The second-order valence-corrected chi connectivity index (χ2v) is 13.5. The molecule has 12 heteroatoms. The van der Waals surface area contributed by atoms with Crippen LogP contribution in [0.1, 0.15) is 44.7 Å². The lowest BCUT2D eigenvalue weighted by Gasteiger charge is -2.50. The summed E-state index contributed by atoms with van der Waals surface area (Å²) in [6.45, 7) is 6.35. The first-order valence-corrected chi connectivity index (χ1v) is 15.4. The number of para-hydroxylation sites is 1. The van der Waals surface area contributed by atoms with Crippen LogP contribution in [0.4, 0.5) is 4.79 Å². The SMILES string of the molecule is COc1ccccc1COCCCOc1ccc(C2=C(C=O)C3CN(C(C)=O)CC(C2)N3C(=O)OC(C)(C)C(Cl)(Cl)Cl)cc1. The van der Waals surface area contributed by atoms with Gasteiger partial charge >= 0.3 is 6.09 Å². The summed E-state index contributed by atoms with van der Waals surface area (Å²) in [5, 5.41) is 0. The van der Waals surface area contributed by atoms with Gasteiger partial charge in [-0.1, -0.05) is 65.1 Å². The fourth-order valence-corrected chi connectivity index (χ4v) is 5.45. The minimum Gasteiger partial charge on any atom is -0.496 e.